The fraction of sp³-hybridized carbons (Fsp3) is 0.105. The van der Waals surface area contributed by atoms with Gasteiger partial charge in [0, 0.05) is 10.7 Å². The Bertz CT molecular complexity index is 1020. The maximum atomic E-state index is 12.5. The minimum absolute atomic E-state index is 0.138. The first kappa shape index (κ1) is 20.7. The summed E-state index contributed by atoms with van der Waals surface area (Å²) in [5, 5.41) is 12.2. The van der Waals surface area contributed by atoms with Crippen LogP contribution in [0.3, 0.4) is 0 Å². The number of phenolic OH excluding ortho intramolecular Hbond substituents is 1. The van der Waals surface area contributed by atoms with Gasteiger partial charge in [0.25, 0.3) is 11.1 Å². The Hall–Kier alpha value is -2.04. The number of aromatic hydroxyl groups is 1. The number of halogens is 2. The first-order chi connectivity index (χ1) is 13.2. The summed E-state index contributed by atoms with van der Waals surface area (Å²) < 4.78 is 0.627. The van der Waals surface area contributed by atoms with Crippen LogP contribution in [0.4, 0.5) is 10.5 Å². The average molecular weight is 529 g/mol. The van der Waals surface area contributed by atoms with Crippen molar-refractivity contribution in [2.24, 2.45) is 0 Å². The van der Waals surface area contributed by atoms with Crippen LogP contribution in [0.25, 0.3) is 6.08 Å². The quantitative estimate of drug-likeness (QED) is 0.446. The van der Waals surface area contributed by atoms with E-state index in [9.17, 15) is 19.5 Å². The highest BCUT2D eigenvalue weighted by Crippen LogP contribution is 2.33. The molecule has 0 aromatic heterocycles. The molecule has 28 heavy (non-hydrogen) atoms. The minimum atomic E-state index is -0.531. The van der Waals surface area contributed by atoms with E-state index in [1.54, 1.807) is 36.4 Å². The molecule has 0 aliphatic carbocycles. The number of anilines is 1. The molecule has 1 aliphatic heterocycles. The molecule has 0 saturated carbocycles. The molecule has 1 fully saturated rings. The van der Waals surface area contributed by atoms with Crippen molar-refractivity contribution in [3.63, 3.8) is 0 Å². The number of hydrogen-bond acceptors (Lipinski definition) is 5. The zero-order chi connectivity index (χ0) is 20.4. The maximum Gasteiger partial charge on any atom is 0.294 e. The second-order valence-electron chi connectivity index (χ2n) is 5.99. The van der Waals surface area contributed by atoms with E-state index in [1.165, 1.54) is 6.07 Å². The molecule has 3 rings (SSSR count). The number of aryl methyl sites for hydroxylation is 1. The molecule has 0 bridgehead atoms. The average Bonchev–Trinajstić information content (AvgIpc) is 2.89. The number of carbonyl (C=O) groups is 3. The number of rotatable bonds is 4. The standard InChI is InChI=1S/C19H14ClIN2O4S/c1-10-2-4-12(20)8-14(10)22-17(25)9-23-18(26)16(28-19(23)27)7-11-3-5-15(24)13(21)6-11/h2-8,24H,9H2,1H3,(H,22,25)/b16-7-. The summed E-state index contributed by atoms with van der Waals surface area (Å²) in [6, 6.07) is 9.92. The van der Waals surface area contributed by atoms with E-state index in [1.807, 2.05) is 29.5 Å². The van der Waals surface area contributed by atoms with Gasteiger partial charge < -0.3 is 10.4 Å². The van der Waals surface area contributed by atoms with E-state index < -0.39 is 17.1 Å². The zero-order valence-corrected chi connectivity index (χ0v) is 18.3. The first-order valence-corrected chi connectivity index (χ1v) is 10.3. The van der Waals surface area contributed by atoms with Gasteiger partial charge in [0.1, 0.15) is 12.3 Å². The number of nitrogens with one attached hydrogen (secondary N) is 1. The summed E-state index contributed by atoms with van der Waals surface area (Å²) in [5.74, 6) is -0.886. The molecule has 9 heteroatoms. The van der Waals surface area contributed by atoms with Crippen LogP contribution < -0.4 is 5.32 Å². The SMILES string of the molecule is Cc1ccc(Cl)cc1NC(=O)CN1C(=O)S/C(=C\c2ccc(O)c(I)c2)C1=O. The Labute approximate surface area is 184 Å². The fourth-order valence-corrected chi connectivity index (χ4v) is 4.01. The molecular weight excluding hydrogens is 515 g/mol. The Morgan fingerprint density at radius 1 is 1.29 bits per heavy atom. The third-order valence-corrected chi connectivity index (χ3v) is 5.93. The molecule has 2 aromatic rings. The molecule has 3 amide bonds. The monoisotopic (exact) mass is 528 g/mol. The molecule has 0 spiro atoms. The minimum Gasteiger partial charge on any atom is -0.507 e. The van der Waals surface area contributed by atoms with Gasteiger partial charge in [-0.2, -0.15) is 0 Å². The Morgan fingerprint density at radius 2 is 2.04 bits per heavy atom. The molecule has 6 nitrogen and oxygen atoms in total. The number of amides is 3. The molecule has 0 unspecified atom stereocenters. The molecule has 2 aromatic carbocycles. The number of thioether (sulfide) groups is 1. The lowest BCUT2D eigenvalue weighted by Crippen LogP contribution is -2.36. The second kappa shape index (κ2) is 8.54. The van der Waals surface area contributed by atoms with Crippen molar-refractivity contribution in [1.29, 1.82) is 0 Å². The van der Waals surface area contributed by atoms with Crippen molar-refractivity contribution >= 4 is 74.8 Å². The lowest BCUT2D eigenvalue weighted by molar-refractivity contribution is -0.127. The number of imide groups is 1. The van der Waals surface area contributed by atoms with Gasteiger partial charge in [-0.1, -0.05) is 23.7 Å². The van der Waals surface area contributed by atoms with Crippen molar-refractivity contribution in [3.8, 4) is 5.75 Å². The van der Waals surface area contributed by atoms with E-state index in [-0.39, 0.29) is 17.2 Å². The highest BCUT2D eigenvalue weighted by Gasteiger charge is 2.36. The van der Waals surface area contributed by atoms with Crippen LogP contribution in [0, 0.1) is 10.5 Å². The van der Waals surface area contributed by atoms with Gasteiger partial charge in [-0.3, -0.25) is 19.3 Å². The van der Waals surface area contributed by atoms with E-state index in [4.69, 9.17) is 11.6 Å². The number of carbonyl (C=O) groups excluding carboxylic acids is 3. The van der Waals surface area contributed by atoms with Gasteiger partial charge in [-0.25, -0.2) is 0 Å². The Morgan fingerprint density at radius 3 is 2.75 bits per heavy atom. The Kier molecular flexibility index (Phi) is 6.31. The van der Waals surface area contributed by atoms with Gasteiger partial charge in [-0.05, 0) is 82.7 Å². The summed E-state index contributed by atoms with van der Waals surface area (Å²) >= 11 is 8.68. The second-order valence-corrected chi connectivity index (χ2v) is 8.58. The third-order valence-electron chi connectivity index (χ3n) is 3.92. The summed E-state index contributed by atoms with van der Waals surface area (Å²) in [5.41, 5.74) is 2.01. The molecule has 144 valence electrons. The van der Waals surface area contributed by atoms with E-state index in [0.717, 1.165) is 22.2 Å². The van der Waals surface area contributed by atoms with Crippen molar-refractivity contribution in [1.82, 2.24) is 4.90 Å². The van der Waals surface area contributed by atoms with Crippen molar-refractivity contribution in [2.75, 3.05) is 11.9 Å². The molecular formula is C19H14ClIN2O4S. The highest BCUT2D eigenvalue weighted by atomic mass is 127. The predicted octanol–water partition coefficient (Wildman–Crippen LogP) is 4.63. The predicted molar refractivity (Wildman–Crippen MR) is 118 cm³/mol. The third kappa shape index (κ3) is 4.68. The summed E-state index contributed by atoms with van der Waals surface area (Å²) in [4.78, 5) is 38.2. The number of nitrogens with zero attached hydrogens (tertiary/aromatic N) is 1. The van der Waals surface area contributed by atoms with Crippen LogP contribution in [-0.4, -0.2) is 33.6 Å². The first-order valence-electron chi connectivity index (χ1n) is 8.04. The fourth-order valence-electron chi connectivity index (χ4n) is 2.46. The van der Waals surface area contributed by atoms with Gasteiger partial charge in [0.2, 0.25) is 5.91 Å². The van der Waals surface area contributed by atoms with Gasteiger partial charge in [-0.15, -0.1) is 0 Å². The van der Waals surface area contributed by atoms with Crippen molar-refractivity contribution < 1.29 is 19.5 Å². The number of phenols is 1. The summed E-state index contributed by atoms with van der Waals surface area (Å²) in [7, 11) is 0. The van der Waals surface area contributed by atoms with Crippen molar-refractivity contribution in [3.05, 3.63) is 61.0 Å². The van der Waals surface area contributed by atoms with Crippen LogP contribution in [0.1, 0.15) is 11.1 Å². The zero-order valence-electron chi connectivity index (χ0n) is 14.5. The van der Waals surface area contributed by atoms with Crippen molar-refractivity contribution in [2.45, 2.75) is 6.92 Å². The molecule has 1 aliphatic rings. The van der Waals surface area contributed by atoms with Crippen LogP contribution in [-0.2, 0) is 9.59 Å². The smallest absolute Gasteiger partial charge is 0.294 e. The van der Waals surface area contributed by atoms with E-state index in [0.29, 0.717) is 19.8 Å². The number of hydrogen-bond donors (Lipinski definition) is 2. The van der Waals surface area contributed by atoms with E-state index >= 15 is 0 Å². The highest BCUT2D eigenvalue weighted by molar-refractivity contribution is 14.1. The van der Waals surface area contributed by atoms with Gasteiger partial charge in [0.15, 0.2) is 0 Å². The largest absolute Gasteiger partial charge is 0.507 e. The Balaban J connectivity index is 1.72. The molecule has 1 heterocycles. The molecule has 1 saturated heterocycles. The number of benzene rings is 2. The maximum absolute atomic E-state index is 12.5. The van der Waals surface area contributed by atoms with Gasteiger partial charge in [0.05, 0.1) is 8.48 Å². The summed E-state index contributed by atoms with van der Waals surface area (Å²) in [6.07, 6.45) is 1.56. The lowest BCUT2D eigenvalue weighted by Gasteiger charge is -2.13. The molecule has 2 N–H and O–H groups in total. The topological polar surface area (TPSA) is 86.7 Å². The lowest BCUT2D eigenvalue weighted by atomic mass is 10.2. The normalized spacial score (nSPS) is 15.4. The van der Waals surface area contributed by atoms with Crippen LogP contribution in [0.5, 0.6) is 5.75 Å². The van der Waals surface area contributed by atoms with Crippen LogP contribution in [0.2, 0.25) is 5.02 Å². The van der Waals surface area contributed by atoms with Crippen LogP contribution >= 0.6 is 46.0 Å². The molecule has 0 atom stereocenters. The van der Waals surface area contributed by atoms with E-state index in [2.05, 4.69) is 5.32 Å². The summed E-state index contributed by atoms with van der Waals surface area (Å²) in [6.45, 7) is 1.43. The van der Waals surface area contributed by atoms with Gasteiger partial charge >= 0.3 is 0 Å². The van der Waals surface area contributed by atoms with Crippen LogP contribution in [0.15, 0.2) is 41.3 Å². The molecule has 0 radical (unpaired) electrons.